The van der Waals surface area contributed by atoms with Gasteiger partial charge in [-0.1, -0.05) is 15.9 Å². The fraction of sp³-hybridized carbons (Fsp3) is 0.400. The molecule has 3 heteroatoms. The maximum atomic E-state index is 13.3. The van der Waals surface area contributed by atoms with Crippen molar-refractivity contribution in [2.75, 3.05) is 5.88 Å². The lowest BCUT2D eigenvalue weighted by molar-refractivity contribution is 0.607. The van der Waals surface area contributed by atoms with Gasteiger partial charge in [0.05, 0.1) is 0 Å². The number of hydrogen-bond acceptors (Lipinski definition) is 0. The molecule has 2 rings (SSSR count). The molecule has 0 bridgehead atoms. The Labute approximate surface area is 90.2 Å². The minimum Gasteiger partial charge on any atom is -0.207 e. The second kappa shape index (κ2) is 3.58. The summed E-state index contributed by atoms with van der Waals surface area (Å²) in [6, 6.07) is 5.08. The number of benzene rings is 1. The van der Waals surface area contributed by atoms with Gasteiger partial charge in [0.15, 0.2) is 0 Å². The van der Waals surface area contributed by atoms with E-state index in [1.54, 1.807) is 6.07 Å². The Balaban J connectivity index is 2.25. The van der Waals surface area contributed by atoms with Crippen LogP contribution in [0.3, 0.4) is 0 Å². The van der Waals surface area contributed by atoms with Crippen molar-refractivity contribution in [1.82, 2.24) is 0 Å². The highest BCUT2D eigenvalue weighted by atomic mass is 79.9. The maximum absolute atomic E-state index is 13.3. The van der Waals surface area contributed by atoms with E-state index in [9.17, 15) is 4.39 Å². The predicted octanol–water partition coefficient (Wildman–Crippen LogP) is 3.93. The number of rotatable bonds is 2. The van der Waals surface area contributed by atoms with Gasteiger partial charge >= 0.3 is 0 Å². The normalized spacial score (nSPS) is 26.1. The Kier molecular flexibility index (Phi) is 2.61. The molecule has 70 valence electrons. The lowest BCUT2D eigenvalue weighted by atomic mass is 10.1. The van der Waals surface area contributed by atoms with Gasteiger partial charge in [0, 0.05) is 10.4 Å². The standard InChI is InChI=1S/C10H9BrClF/c11-7-1-2-10(13)9(4-7)8-3-6(8)5-12/h1-2,4,6,8H,3,5H2. The van der Waals surface area contributed by atoms with Crippen LogP contribution in [0.15, 0.2) is 22.7 Å². The van der Waals surface area contributed by atoms with E-state index in [1.807, 2.05) is 6.07 Å². The van der Waals surface area contributed by atoms with E-state index in [0.29, 0.717) is 17.7 Å². The van der Waals surface area contributed by atoms with Crippen molar-refractivity contribution in [2.45, 2.75) is 12.3 Å². The molecule has 0 radical (unpaired) electrons. The molecule has 0 nitrogen and oxygen atoms in total. The first-order chi connectivity index (χ1) is 6.22. The van der Waals surface area contributed by atoms with Crippen LogP contribution in [0.1, 0.15) is 17.9 Å². The molecule has 1 saturated carbocycles. The molecule has 0 aromatic heterocycles. The molecule has 0 aliphatic heterocycles. The summed E-state index contributed by atoms with van der Waals surface area (Å²) in [6.07, 6.45) is 1.02. The summed E-state index contributed by atoms with van der Waals surface area (Å²) in [5.74, 6) is 1.35. The van der Waals surface area contributed by atoms with Gasteiger partial charge in [-0.25, -0.2) is 4.39 Å². The van der Waals surface area contributed by atoms with Gasteiger partial charge in [-0.05, 0) is 42.0 Å². The molecule has 2 unspecified atom stereocenters. The largest absolute Gasteiger partial charge is 0.207 e. The highest BCUT2D eigenvalue weighted by Gasteiger charge is 2.38. The molecule has 2 atom stereocenters. The van der Waals surface area contributed by atoms with E-state index >= 15 is 0 Å². The minimum absolute atomic E-state index is 0.110. The Morgan fingerprint density at radius 3 is 2.92 bits per heavy atom. The molecule has 13 heavy (non-hydrogen) atoms. The third-order valence-electron chi connectivity index (χ3n) is 2.48. The summed E-state index contributed by atoms with van der Waals surface area (Å²) in [5.41, 5.74) is 0.806. The summed E-state index contributed by atoms with van der Waals surface area (Å²) in [6.45, 7) is 0. The zero-order chi connectivity index (χ0) is 9.42. The van der Waals surface area contributed by atoms with Crippen LogP contribution >= 0.6 is 27.5 Å². The Bertz CT molecular complexity index is 327. The lowest BCUT2D eigenvalue weighted by Gasteiger charge is -2.01. The summed E-state index contributed by atoms with van der Waals surface area (Å²) in [4.78, 5) is 0. The molecule has 0 heterocycles. The van der Waals surface area contributed by atoms with Crippen LogP contribution in [-0.2, 0) is 0 Å². The van der Waals surface area contributed by atoms with E-state index in [-0.39, 0.29) is 5.82 Å². The summed E-state index contributed by atoms with van der Waals surface area (Å²) >= 11 is 9.04. The van der Waals surface area contributed by atoms with Crippen LogP contribution in [0.25, 0.3) is 0 Å². The van der Waals surface area contributed by atoms with Crippen LogP contribution in [-0.4, -0.2) is 5.88 Å². The highest BCUT2D eigenvalue weighted by molar-refractivity contribution is 9.10. The monoisotopic (exact) mass is 262 g/mol. The fourth-order valence-electron chi connectivity index (χ4n) is 1.60. The third kappa shape index (κ3) is 1.89. The van der Waals surface area contributed by atoms with Crippen molar-refractivity contribution in [3.8, 4) is 0 Å². The third-order valence-corrected chi connectivity index (χ3v) is 3.37. The first-order valence-electron chi connectivity index (χ1n) is 4.23. The van der Waals surface area contributed by atoms with Gasteiger partial charge in [-0.2, -0.15) is 0 Å². The molecule has 0 spiro atoms. The summed E-state index contributed by atoms with van der Waals surface area (Å²) in [7, 11) is 0. The van der Waals surface area contributed by atoms with Crippen LogP contribution in [0.5, 0.6) is 0 Å². The van der Waals surface area contributed by atoms with Gasteiger partial charge < -0.3 is 0 Å². The average Bonchev–Trinajstić information content (AvgIpc) is 2.88. The molecule has 1 aliphatic carbocycles. The lowest BCUT2D eigenvalue weighted by Crippen LogP contribution is -1.89. The molecule has 0 saturated heterocycles. The zero-order valence-electron chi connectivity index (χ0n) is 6.93. The van der Waals surface area contributed by atoms with Gasteiger partial charge in [0.25, 0.3) is 0 Å². The van der Waals surface area contributed by atoms with Crippen molar-refractivity contribution in [2.24, 2.45) is 5.92 Å². The topological polar surface area (TPSA) is 0 Å². The van der Waals surface area contributed by atoms with Crippen molar-refractivity contribution in [3.63, 3.8) is 0 Å². The van der Waals surface area contributed by atoms with Gasteiger partial charge in [-0.15, -0.1) is 11.6 Å². The van der Waals surface area contributed by atoms with E-state index in [2.05, 4.69) is 15.9 Å². The molecule has 0 amide bonds. The van der Waals surface area contributed by atoms with Gasteiger partial charge in [0.2, 0.25) is 0 Å². The average molecular weight is 264 g/mol. The van der Waals surface area contributed by atoms with Crippen molar-refractivity contribution in [1.29, 1.82) is 0 Å². The molecular formula is C10H9BrClF. The molecule has 1 aromatic carbocycles. The van der Waals surface area contributed by atoms with Crippen LogP contribution in [0, 0.1) is 11.7 Å². The summed E-state index contributed by atoms with van der Waals surface area (Å²) in [5, 5.41) is 0. The van der Waals surface area contributed by atoms with Gasteiger partial charge in [0.1, 0.15) is 5.82 Å². The maximum Gasteiger partial charge on any atom is 0.126 e. The second-order valence-electron chi connectivity index (χ2n) is 3.42. The molecule has 1 fully saturated rings. The number of alkyl halides is 1. The molecule has 1 aliphatic rings. The zero-order valence-corrected chi connectivity index (χ0v) is 9.28. The predicted molar refractivity (Wildman–Crippen MR) is 55.7 cm³/mol. The Morgan fingerprint density at radius 2 is 2.31 bits per heavy atom. The molecule has 1 aromatic rings. The fourth-order valence-corrected chi connectivity index (χ4v) is 2.32. The van der Waals surface area contributed by atoms with Crippen LogP contribution in [0.2, 0.25) is 0 Å². The quantitative estimate of drug-likeness (QED) is 0.709. The smallest absolute Gasteiger partial charge is 0.126 e. The van der Waals surface area contributed by atoms with E-state index in [4.69, 9.17) is 11.6 Å². The molecular weight excluding hydrogens is 254 g/mol. The highest BCUT2D eigenvalue weighted by Crippen LogP contribution is 2.49. The van der Waals surface area contributed by atoms with E-state index in [0.717, 1.165) is 16.5 Å². The first kappa shape index (κ1) is 9.47. The van der Waals surface area contributed by atoms with Crippen molar-refractivity contribution >= 4 is 27.5 Å². The van der Waals surface area contributed by atoms with Crippen LogP contribution in [0.4, 0.5) is 4.39 Å². The Morgan fingerprint density at radius 1 is 1.54 bits per heavy atom. The summed E-state index contributed by atoms with van der Waals surface area (Å²) < 4.78 is 14.2. The Hall–Kier alpha value is -0.0800. The second-order valence-corrected chi connectivity index (χ2v) is 4.65. The van der Waals surface area contributed by atoms with Crippen LogP contribution < -0.4 is 0 Å². The number of halogens is 3. The first-order valence-corrected chi connectivity index (χ1v) is 5.56. The van der Waals surface area contributed by atoms with Crippen molar-refractivity contribution in [3.05, 3.63) is 34.1 Å². The van der Waals surface area contributed by atoms with E-state index < -0.39 is 0 Å². The van der Waals surface area contributed by atoms with Gasteiger partial charge in [-0.3, -0.25) is 0 Å². The molecule has 0 N–H and O–H groups in total. The van der Waals surface area contributed by atoms with E-state index in [1.165, 1.54) is 6.07 Å². The van der Waals surface area contributed by atoms with Crippen molar-refractivity contribution < 1.29 is 4.39 Å². The minimum atomic E-state index is -0.110. The number of hydrogen-bond donors (Lipinski definition) is 0. The SMILES string of the molecule is Fc1ccc(Br)cc1C1CC1CCl.